The zero-order valence-corrected chi connectivity index (χ0v) is 20.0. The zero-order chi connectivity index (χ0) is 27.1. The first-order valence-corrected chi connectivity index (χ1v) is 10.9. The molecule has 1 amide bonds. The summed E-state index contributed by atoms with van der Waals surface area (Å²) in [5.41, 5.74) is -4.86. The van der Waals surface area contributed by atoms with Crippen molar-refractivity contribution in [3.63, 3.8) is 0 Å². The van der Waals surface area contributed by atoms with E-state index in [0.29, 0.717) is 17.2 Å². The van der Waals surface area contributed by atoms with Crippen LogP contribution >= 0.6 is 11.6 Å². The summed E-state index contributed by atoms with van der Waals surface area (Å²) in [5, 5.41) is 0.314. The van der Waals surface area contributed by atoms with Gasteiger partial charge < -0.3 is 4.90 Å². The normalized spacial score (nSPS) is 12.4. The predicted molar refractivity (Wildman–Crippen MR) is 124 cm³/mol. The van der Waals surface area contributed by atoms with Crippen LogP contribution < -0.4 is 4.90 Å². The highest BCUT2D eigenvalue weighted by molar-refractivity contribution is 6.31. The van der Waals surface area contributed by atoms with Crippen LogP contribution in [0, 0.1) is 0 Å². The number of hydrogen-bond donors (Lipinski definition) is 0. The fraction of sp³-hybridized carbons (Fsp3) is 0.231. The molecule has 0 aromatic heterocycles. The minimum absolute atomic E-state index is 0.00668. The van der Waals surface area contributed by atoms with Gasteiger partial charge in [-0.15, -0.1) is 0 Å². The van der Waals surface area contributed by atoms with Crippen molar-refractivity contribution in [3.8, 4) is 0 Å². The van der Waals surface area contributed by atoms with Gasteiger partial charge in [0.2, 0.25) is 5.91 Å². The number of anilines is 1. The molecule has 3 rings (SSSR count). The standard InChI is InChI=1S/C26H20ClF6NO2/c1-24(2,16-12-17(25(28,29)30)14-18(13-16)26(31,32)33)23(36)34(3)21-10-5-4-9-20(21)22(35)15-7-6-8-19(27)11-15/h4-14H,1-3H3. The summed E-state index contributed by atoms with van der Waals surface area (Å²) in [7, 11) is 1.30. The van der Waals surface area contributed by atoms with E-state index in [1.807, 2.05) is 0 Å². The maximum atomic E-state index is 13.5. The van der Waals surface area contributed by atoms with E-state index in [0.717, 1.165) is 4.90 Å². The minimum Gasteiger partial charge on any atom is -0.314 e. The Bertz CT molecular complexity index is 1280. The van der Waals surface area contributed by atoms with Crippen LogP contribution in [-0.4, -0.2) is 18.7 Å². The Hall–Kier alpha value is -3.33. The molecule has 0 radical (unpaired) electrons. The van der Waals surface area contributed by atoms with Gasteiger partial charge in [0, 0.05) is 23.2 Å². The molecule has 0 N–H and O–H groups in total. The Balaban J connectivity index is 2.07. The molecular weight excluding hydrogens is 508 g/mol. The summed E-state index contributed by atoms with van der Waals surface area (Å²) < 4.78 is 80.2. The van der Waals surface area contributed by atoms with Gasteiger partial charge in [-0.3, -0.25) is 9.59 Å². The molecule has 0 spiro atoms. The lowest BCUT2D eigenvalue weighted by molar-refractivity contribution is -0.143. The summed E-state index contributed by atoms with van der Waals surface area (Å²) >= 11 is 5.97. The molecule has 0 aliphatic rings. The van der Waals surface area contributed by atoms with E-state index >= 15 is 0 Å². The molecular formula is C26H20ClF6NO2. The van der Waals surface area contributed by atoms with Crippen LogP contribution in [0.25, 0.3) is 0 Å². The highest BCUT2D eigenvalue weighted by Gasteiger charge is 2.41. The molecule has 0 heterocycles. The molecule has 0 saturated carbocycles. The summed E-state index contributed by atoms with van der Waals surface area (Å²) in [6.45, 7) is 2.45. The van der Waals surface area contributed by atoms with Crippen LogP contribution in [0.3, 0.4) is 0 Å². The van der Waals surface area contributed by atoms with E-state index in [1.165, 1.54) is 45.2 Å². The number of halogens is 7. The molecule has 10 heteroatoms. The number of carbonyl (C=O) groups excluding carboxylic acids is 2. The van der Waals surface area contributed by atoms with E-state index in [-0.39, 0.29) is 22.9 Å². The molecule has 0 unspecified atom stereocenters. The van der Waals surface area contributed by atoms with Crippen LogP contribution in [0.15, 0.2) is 66.7 Å². The number of benzene rings is 3. The van der Waals surface area contributed by atoms with Gasteiger partial charge in [0.25, 0.3) is 0 Å². The summed E-state index contributed by atoms with van der Waals surface area (Å²) in [6, 6.07) is 13.2. The second-order valence-electron chi connectivity index (χ2n) is 8.64. The molecule has 3 aromatic carbocycles. The molecule has 3 nitrogen and oxygen atoms in total. The first-order valence-electron chi connectivity index (χ1n) is 10.5. The van der Waals surface area contributed by atoms with Crippen molar-refractivity contribution in [2.24, 2.45) is 0 Å². The lowest BCUT2D eigenvalue weighted by atomic mass is 9.81. The molecule has 190 valence electrons. The third-order valence-corrected chi connectivity index (χ3v) is 5.98. The van der Waals surface area contributed by atoms with Gasteiger partial charge in [-0.25, -0.2) is 0 Å². The summed E-state index contributed by atoms with van der Waals surface area (Å²) in [5.74, 6) is -1.29. The number of carbonyl (C=O) groups is 2. The Kier molecular flexibility index (Phi) is 7.28. The van der Waals surface area contributed by atoms with Gasteiger partial charge >= 0.3 is 12.4 Å². The molecule has 3 aromatic rings. The average molecular weight is 528 g/mol. The monoisotopic (exact) mass is 527 g/mol. The van der Waals surface area contributed by atoms with Crippen molar-refractivity contribution in [2.45, 2.75) is 31.6 Å². The topological polar surface area (TPSA) is 37.4 Å². The van der Waals surface area contributed by atoms with Crippen molar-refractivity contribution in [3.05, 3.63) is 99.6 Å². The molecule has 36 heavy (non-hydrogen) atoms. The van der Waals surface area contributed by atoms with E-state index in [1.54, 1.807) is 24.3 Å². The molecule has 0 fully saturated rings. The van der Waals surface area contributed by atoms with Crippen LogP contribution in [0.4, 0.5) is 32.0 Å². The van der Waals surface area contributed by atoms with Crippen molar-refractivity contribution < 1.29 is 35.9 Å². The Labute approximate surface area is 208 Å². The predicted octanol–water partition coefficient (Wildman–Crippen LogP) is 7.55. The quantitative estimate of drug-likeness (QED) is 0.254. The number of amides is 1. The zero-order valence-electron chi connectivity index (χ0n) is 19.3. The van der Waals surface area contributed by atoms with Gasteiger partial charge in [-0.05, 0) is 61.9 Å². The lowest BCUT2D eigenvalue weighted by Crippen LogP contribution is -2.42. The van der Waals surface area contributed by atoms with Crippen LogP contribution in [0.1, 0.15) is 46.5 Å². The van der Waals surface area contributed by atoms with Crippen LogP contribution in [0.5, 0.6) is 0 Å². The first-order chi connectivity index (χ1) is 16.5. The number of alkyl halides is 6. The fourth-order valence-corrected chi connectivity index (χ4v) is 3.90. The summed E-state index contributed by atoms with van der Waals surface area (Å²) in [4.78, 5) is 27.7. The van der Waals surface area contributed by atoms with Crippen LogP contribution in [-0.2, 0) is 22.6 Å². The highest BCUT2D eigenvalue weighted by atomic mass is 35.5. The number of ketones is 1. The van der Waals surface area contributed by atoms with Crippen LogP contribution in [0.2, 0.25) is 5.02 Å². The fourth-order valence-electron chi connectivity index (χ4n) is 3.71. The maximum absolute atomic E-state index is 13.5. The second kappa shape index (κ2) is 9.61. The Morgan fingerprint density at radius 1 is 0.750 bits per heavy atom. The number of likely N-dealkylation sites (N-methyl/N-ethyl adjacent to an activating group) is 1. The van der Waals surface area contributed by atoms with Gasteiger partial charge in [-0.2, -0.15) is 26.3 Å². The van der Waals surface area contributed by atoms with E-state index < -0.39 is 46.1 Å². The maximum Gasteiger partial charge on any atom is 0.416 e. The smallest absolute Gasteiger partial charge is 0.314 e. The van der Waals surface area contributed by atoms with Crippen molar-refractivity contribution in [1.82, 2.24) is 0 Å². The largest absolute Gasteiger partial charge is 0.416 e. The van der Waals surface area contributed by atoms with Gasteiger partial charge in [0.1, 0.15) is 0 Å². The molecule has 0 aliphatic carbocycles. The van der Waals surface area contributed by atoms with E-state index in [2.05, 4.69) is 0 Å². The second-order valence-corrected chi connectivity index (χ2v) is 9.08. The molecule has 0 saturated heterocycles. The number of hydrogen-bond acceptors (Lipinski definition) is 2. The first kappa shape index (κ1) is 27.3. The Morgan fingerprint density at radius 3 is 1.81 bits per heavy atom. The minimum atomic E-state index is -5.06. The average Bonchev–Trinajstić information content (AvgIpc) is 2.81. The van der Waals surface area contributed by atoms with Crippen molar-refractivity contribution in [1.29, 1.82) is 0 Å². The molecule has 0 bridgehead atoms. The van der Waals surface area contributed by atoms with E-state index in [9.17, 15) is 35.9 Å². The third kappa shape index (κ3) is 5.56. The molecule has 0 aliphatic heterocycles. The highest BCUT2D eigenvalue weighted by Crippen LogP contribution is 2.40. The number of rotatable bonds is 5. The SMILES string of the molecule is CN(C(=O)C(C)(C)c1cc(C(F)(F)F)cc(C(F)(F)F)c1)c1ccccc1C(=O)c1cccc(Cl)c1. The summed E-state index contributed by atoms with van der Waals surface area (Å²) in [6.07, 6.45) is -10.1. The molecule has 0 atom stereocenters. The lowest BCUT2D eigenvalue weighted by Gasteiger charge is -2.31. The third-order valence-electron chi connectivity index (χ3n) is 5.75. The van der Waals surface area contributed by atoms with Crippen molar-refractivity contribution in [2.75, 3.05) is 11.9 Å². The van der Waals surface area contributed by atoms with Gasteiger partial charge in [-0.1, -0.05) is 35.9 Å². The van der Waals surface area contributed by atoms with Gasteiger partial charge in [0.15, 0.2) is 5.78 Å². The van der Waals surface area contributed by atoms with E-state index in [4.69, 9.17) is 11.6 Å². The van der Waals surface area contributed by atoms with Crippen molar-refractivity contribution >= 4 is 29.0 Å². The van der Waals surface area contributed by atoms with Gasteiger partial charge in [0.05, 0.1) is 22.2 Å². The Morgan fingerprint density at radius 2 is 1.28 bits per heavy atom. The number of para-hydroxylation sites is 1. The number of nitrogens with zero attached hydrogens (tertiary/aromatic N) is 1.